The SMILES string of the molecule is C#CC(C(=O)Oc1c(-c2ccc(F)cc2)cc(-c2ccccc2Cc2ccccc2)nc1C(C)C)(C(C)O)[P+](=O)OC. The number of esters is 1. The second-order valence-electron chi connectivity index (χ2n) is 10.2. The van der Waals surface area contributed by atoms with E-state index in [1.165, 1.54) is 19.1 Å². The van der Waals surface area contributed by atoms with Crippen LogP contribution in [0.1, 0.15) is 43.5 Å². The highest BCUT2D eigenvalue weighted by atomic mass is 31.1. The third-order valence-corrected chi connectivity index (χ3v) is 8.61. The fourth-order valence-electron chi connectivity index (χ4n) is 4.72. The van der Waals surface area contributed by atoms with E-state index in [1.54, 1.807) is 18.2 Å². The molecule has 4 aromatic rings. The van der Waals surface area contributed by atoms with Crippen LogP contribution in [0.5, 0.6) is 5.75 Å². The third kappa shape index (κ3) is 6.17. The summed E-state index contributed by atoms with van der Waals surface area (Å²) < 4.78 is 37.6. The Labute approximate surface area is 246 Å². The van der Waals surface area contributed by atoms with Gasteiger partial charge in [0.15, 0.2) is 5.75 Å². The van der Waals surface area contributed by atoms with Crippen LogP contribution >= 0.6 is 8.03 Å². The molecule has 0 saturated carbocycles. The molecule has 0 radical (unpaired) electrons. The number of carbonyl (C=O) groups is 1. The van der Waals surface area contributed by atoms with E-state index in [0.29, 0.717) is 28.9 Å². The summed E-state index contributed by atoms with van der Waals surface area (Å²) in [5.74, 6) is 0.453. The molecule has 42 heavy (non-hydrogen) atoms. The largest absolute Gasteiger partial charge is 0.542 e. The van der Waals surface area contributed by atoms with Crippen molar-refractivity contribution in [1.29, 1.82) is 0 Å². The van der Waals surface area contributed by atoms with Gasteiger partial charge < -0.3 is 9.84 Å². The number of halogens is 1. The lowest BCUT2D eigenvalue weighted by atomic mass is 9.93. The van der Waals surface area contributed by atoms with Crippen molar-refractivity contribution in [2.24, 2.45) is 0 Å². The summed E-state index contributed by atoms with van der Waals surface area (Å²) >= 11 is 0. The number of rotatable bonds is 10. The van der Waals surface area contributed by atoms with Crippen molar-refractivity contribution in [2.45, 2.75) is 44.4 Å². The number of terminal acetylenes is 1. The summed E-state index contributed by atoms with van der Waals surface area (Å²) in [6.07, 6.45) is 4.77. The summed E-state index contributed by atoms with van der Waals surface area (Å²) in [5.41, 5.74) is 5.13. The minimum atomic E-state index is -2.85. The maximum Gasteiger partial charge on any atom is 0.542 e. The molecule has 3 atom stereocenters. The van der Waals surface area contributed by atoms with E-state index in [2.05, 4.69) is 18.1 Å². The van der Waals surface area contributed by atoms with Crippen LogP contribution in [0.2, 0.25) is 0 Å². The normalized spacial score (nSPS) is 13.6. The molecule has 3 unspecified atom stereocenters. The van der Waals surface area contributed by atoms with Crippen LogP contribution in [0.15, 0.2) is 84.9 Å². The van der Waals surface area contributed by atoms with Gasteiger partial charge in [0, 0.05) is 11.1 Å². The summed E-state index contributed by atoms with van der Waals surface area (Å²) in [5, 5.41) is 8.22. The number of hydrogen-bond donors (Lipinski definition) is 1. The molecule has 8 heteroatoms. The minimum absolute atomic E-state index is 0.0747. The molecule has 0 spiro atoms. The Hall–Kier alpha value is -4.21. The highest BCUT2D eigenvalue weighted by Gasteiger charge is 2.63. The first-order chi connectivity index (χ1) is 20.1. The standard InChI is InChI=1S/C34H32FNO5P/c1-6-34(23(4)37,42(39)40-5)33(38)41-32-29(25-16-18-27(35)19-17-25)21-30(36-31(32)22(2)3)28-15-11-10-14-26(28)20-24-12-8-7-9-13-24/h1,7-19,21-23,37H,20H2,2-5H3/q+1. The van der Waals surface area contributed by atoms with Crippen molar-refractivity contribution in [1.82, 2.24) is 4.98 Å². The fraction of sp³-hybridized carbons (Fsp3) is 0.235. The van der Waals surface area contributed by atoms with Gasteiger partial charge in [-0.3, -0.25) is 0 Å². The Kier molecular flexibility index (Phi) is 9.65. The number of aliphatic hydroxyl groups excluding tert-OH is 1. The van der Waals surface area contributed by atoms with Crippen molar-refractivity contribution in [3.8, 4) is 40.5 Å². The molecule has 1 heterocycles. The lowest BCUT2D eigenvalue weighted by Gasteiger charge is -2.22. The molecule has 0 aliphatic rings. The molecule has 214 valence electrons. The van der Waals surface area contributed by atoms with E-state index in [1.807, 2.05) is 56.3 Å². The molecule has 0 saturated heterocycles. The Bertz CT molecular complexity index is 1630. The van der Waals surface area contributed by atoms with Crippen molar-refractivity contribution in [3.05, 3.63) is 108 Å². The van der Waals surface area contributed by atoms with Gasteiger partial charge in [0.1, 0.15) is 11.9 Å². The van der Waals surface area contributed by atoms with Crippen LogP contribution in [-0.2, 0) is 20.3 Å². The summed E-state index contributed by atoms with van der Waals surface area (Å²) in [4.78, 5) is 18.6. The van der Waals surface area contributed by atoms with Crippen molar-refractivity contribution in [2.75, 3.05) is 7.11 Å². The number of ether oxygens (including phenoxy) is 1. The van der Waals surface area contributed by atoms with Gasteiger partial charge in [-0.1, -0.05) is 80.6 Å². The van der Waals surface area contributed by atoms with Gasteiger partial charge in [0.05, 0.1) is 18.5 Å². The highest BCUT2D eigenvalue weighted by molar-refractivity contribution is 7.43. The zero-order valence-electron chi connectivity index (χ0n) is 23.9. The molecular weight excluding hydrogens is 552 g/mol. The zero-order valence-corrected chi connectivity index (χ0v) is 24.8. The van der Waals surface area contributed by atoms with Crippen LogP contribution in [0.4, 0.5) is 4.39 Å². The molecule has 6 nitrogen and oxygen atoms in total. The van der Waals surface area contributed by atoms with E-state index in [9.17, 15) is 18.9 Å². The molecule has 1 N–H and O–H groups in total. The van der Waals surface area contributed by atoms with Crippen molar-refractivity contribution < 1.29 is 28.1 Å². The molecule has 0 aliphatic carbocycles. The molecule has 3 aromatic carbocycles. The Balaban J connectivity index is 1.94. The van der Waals surface area contributed by atoms with Gasteiger partial charge in [-0.05, 0) is 64.6 Å². The molecule has 4 rings (SSSR count). The van der Waals surface area contributed by atoms with E-state index in [0.717, 1.165) is 23.8 Å². The topological polar surface area (TPSA) is 85.7 Å². The maximum atomic E-state index is 13.9. The van der Waals surface area contributed by atoms with Gasteiger partial charge >= 0.3 is 19.2 Å². The zero-order chi connectivity index (χ0) is 30.4. The summed E-state index contributed by atoms with van der Waals surface area (Å²) in [6, 6.07) is 25.5. The minimum Gasteiger partial charge on any atom is -0.419 e. The molecule has 1 aromatic heterocycles. The first-order valence-electron chi connectivity index (χ1n) is 13.4. The lowest BCUT2D eigenvalue weighted by Crippen LogP contribution is -2.46. The van der Waals surface area contributed by atoms with Gasteiger partial charge in [0.2, 0.25) is 0 Å². The second-order valence-corrected chi connectivity index (χ2v) is 11.8. The number of hydrogen-bond acceptors (Lipinski definition) is 6. The molecule has 0 bridgehead atoms. The summed E-state index contributed by atoms with van der Waals surface area (Å²) in [6.45, 7) is 5.04. The smallest absolute Gasteiger partial charge is 0.419 e. The van der Waals surface area contributed by atoms with Gasteiger partial charge in [-0.2, -0.15) is 0 Å². The van der Waals surface area contributed by atoms with Gasteiger partial charge in [0.25, 0.3) is 0 Å². The number of pyridine rings is 1. The number of benzene rings is 3. The number of nitrogens with zero attached hydrogens (tertiary/aromatic N) is 1. The molecule has 0 fully saturated rings. The van der Waals surface area contributed by atoms with Gasteiger partial charge in [-0.25, -0.2) is 14.2 Å². The molecular formula is C34H32FNO5P+. The summed E-state index contributed by atoms with van der Waals surface area (Å²) in [7, 11) is -1.71. The predicted molar refractivity (Wildman–Crippen MR) is 162 cm³/mol. The first-order valence-corrected chi connectivity index (χ1v) is 14.6. The van der Waals surface area contributed by atoms with E-state index < -0.39 is 31.1 Å². The number of aromatic nitrogens is 1. The van der Waals surface area contributed by atoms with E-state index >= 15 is 0 Å². The Morgan fingerprint density at radius 1 is 1.02 bits per heavy atom. The number of carbonyl (C=O) groups excluding carboxylic acids is 1. The highest BCUT2D eigenvalue weighted by Crippen LogP contribution is 2.45. The van der Waals surface area contributed by atoms with Crippen LogP contribution < -0.4 is 4.74 Å². The first kappa shape index (κ1) is 30.7. The van der Waals surface area contributed by atoms with Crippen LogP contribution in [0.25, 0.3) is 22.4 Å². The quantitative estimate of drug-likeness (QED) is 0.119. The Morgan fingerprint density at radius 3 is 2.26 bits per heavy atom. The average molecular weight is 585 g/mol. The fourth-order valence-corrected chi connectivity index (χ4v) is 5.61. The van der Waals surface area contributed by atoms with E-state index in [4.69, 9.17) is 20.7 Å². The monoisotopic (exact) mass is 584 g/mol. The number of aliphatic hydroxyl groups is 1. The van der Waals surface area contributed by atoms with Crippen LogP contribution in [0.3, 0.4) is 0 Å². The van der Waals surface area contributed by atoms with Crippen LogP contribution in [0, 0.1) is 18.2 Å². The van der Waals surface area contributed by atoms with Crippen molar-refractivity contribution >= 4 is 14.0 Å². The lowest BCUT2D eigenvalue weighted by molar-refractivity contribution is -0.138. The average Bonchev–Trinajstić information content (AvgIpc) is 2.98. The maximum absolute atomic E-state index is 13.9. The molecule has 0 aliphatic heterocycles. The molecule has 0 amide bonds. The van der Waals surface area contributed by atoms with Crippen LogP contribution in [-0.4, -0.2) is 34.4 Å². The predicted octanol–water partition coefficient (Wildman–Crippen LogP) is 7.32. The van der Waals surface area contributed by atoms with E-state index in [-0.39, 0.29) is 11.7 Å². The third-order valence-electron chi connectivity index (χ3n) is 7.02. The van der Waals surface area contributed by atoms with Crippen molar-refractivity contribution in [3.63, 3.8) is 0 Å². The second kappa shape index (κ2) is 13.2. The Morgan fingerprint density at radius 2 is 1.67 bits per heavy atom. The van der Waals surface area contributed by atoms with Gasteiger partial charge in [-0.15, -0.1) is 10.9 Å².